The van der Waals surface area contributed by atoms with Crippen molar-refractivity contribution in [1.29, 1.82) is 5.26 Å². The molecule has 0 saturated carbocycles. The number of pyridine rings is 1. The number of rotatable bonds is 7. The highest BCUT2D eigenvalue weighted by Gasteiger charge is 2.16. The largest absolute Gasteiger partial charge is 0.495 e. The first-order valence-corrected chi connectivity index (χ1v) is 10.8. The third-order valence-corrected chi connectivity index (χ3v) is 5.99. The fourth-order valence-electron chi connectivity index (χ4n) is 3.72. The lowest BCUT2D eigenvalue weighted by Crippen LogP contribution is -2.21. The molecule has 0 aliphatic carbocycles. The predicted octanol–water partition coefficient (Wildman–Crippen LogP) is 4.48. The van der Waals surface area contributed by atoms with Crippen LogP contribution in [0.3, 0.4) is 0 Å². The minimum absolute atomic E-state index is 0.228. The van der Waals surface area contributed by atoms with Gasteiger partial charge in [-0.25, -0.2) is 0 Å². The molecular formula is C24H24ClN3O4. The van der Waals surface area contributed by atoms with Gasteiger partial charge in [-0.05, 0) is 49.1 Å². The van der Waals surface area contributed by atoms with Crippen molar-refractivity contribution in [3.63, 3.8) is 0 Å². The molecule has 32 heavy (non-hydrogen) atoms. The quantitative estimate of drug-likeness (QED) is 0.547. The number of methoxy groups -OCH3 is 1. The van der Waals surface area contributed by atoms with Crippen LogP contribution in [0.25, 0.3) is 10.9 Å². The average molecular weight is 454 g/mol. The summed E-state index contributed by atoms with van der Waals surface area (Å²) < 4.78 is 16.6. The van der Waals surface area contributed by atoms with Crippen LogP contribution in [0.4, 0.5) is 5.69 Å². The first kappa shape index (κ1) is 22.0. The maximum Gasteiger partial charge on any atom is 0.253 e. The van der Waals surface area contributed by atoms with E-state index < -0.39 is 0 Å². The number of aromatic amines is 1. The molecule has 0 spiro atoms. The molecule has 3 aromatic rings. The van der Waals surface area contributed by atoms with E-state index in [1.54, 1.807) is 18.2 Å². The summed E-state index contributed by atoms with van der Waals surface area (Å²) in [5, 5.41) is 13.5. The molecular weight excluding hydrogens is 430 g/mol. The summed E-state index contributed by atoms with van der Waals surface area (Å²) in [5.74, 6) is 1.49. The van der Waals surface area contributed by atoms with Crippen LogP contribution in [-0.4, -0.2) is 31.9 Å². The number of hydrogen-bond acceptors (Lipinski definition) is 6. The number of nitrogens with one attached hydrogen (secondary N) is 2. The van der Waals surface area contributed by atoms with Crippen LogP contribution in [0.2, 0.25) is 5.02 Å². The van der Waals surface area contributed by atoms with Gasteiger partial charge in [-0.3, -0.25) is 4.79 Å². The van der Waals surface area contributed by atoms with Crippen molar-refractivity contribution in [3.05, 3.63) is 62.9 Å². The highest BCUT2D eigenvalue weighted by atomic mass is 35.5. The maximum atomic E-state index is 12.7. The highest BCUT2D eigenvalue weighted by molar-refractivity contribution is 6.36. The van der Waals surface area contributed by atoms with Gasteiger partial charge >= 0.3 is 0 Å². The molecule has 1 aliphatic rings. The number of fused-ring (bicyclic) bond motifs is 1. The molecule has 0 unspecified atom stereocenters. The van der Waals surface area contributed by atoms with Gasteiger partial charge in [0.1, 0.15) is 22.6 Å². The first-order valence-electron chi connectivity index (χ1n) is 10.5. The van der Waals surface area contributed by atoms with Gasteiger partial charge in [0.15, 0.2) is 0 Å². The number of ether oxygens (including phenoxy) is 3. The average Bonchev–Trinajstić information content (AvgIpc) is 2.83. The third-order valence-electron chi connectivity index (χ3n) is 5.62. The zero-order valence-electron chi connectivity index (χ0n) is 17.7. The van der Waals surface area contributed by atoms with E-state index >= 15 is 0 Å². The summed E-state index contributed by atoms with van der Waals surface area (Å²) in [5.41, 5.74) is 2.09. The lowest BCUT2D eigenvalue weighted by molar-refractivity contribution is 0.0498. The summed E-state index contributed by atoms with van der Waals surface area (Å²) in [6, 6.07) is 12.8. The molecule has 8 heteroatoms. The van der Waals surface area contributed by atoms with Crippen LogP contribution >= 0.6 is 11.6 Å². The fourth-order valence-corrected chi connectivity index (χ4v) is 3.99. The molecule has 1 aromatic heterocycles. The standard InChI is InChI=1S/C24H24ClN3O4/c1-30-21-11-19(4-2-17(21)12-26)27-13-18-10-16-3-5-20(22(25)23(16)28-24(18)29)32-14-15-6-8-31-9-7-15/h2-5,10-11,15,27H,6-9,13-14H2,1H3,(H,28,29). The summed E-state index contributed by atoms with van der Waals surface area (Å²) >= 11 is 6.54. The van der Waals surface area contributed by atoms with Crippen molar-refractivity contribution in [2.24, 2.45) is 5.92 Å². The third kappa shape index (κ3) is 4.82. The lowest BCUT2D eigenvalue weighted by atomic mass is 10.0. The number of halogens is 1. The number of nitriles is 1. The van der Waals surface area contributed by atoms with E-state index in [1.807, 2.05) is 18.2 Å². The molecule has 7 nitrogen and oxygen atoms in total. The molecule has 1 aliphatic heterocycles. The highest BCUT2D eigenvalue weighted by Crippen LogP contribution is 2.32. The normalized spacial score (nSPS) is 14.2. The molecule has 166 valence electrons. The number of aromatic nitrogens is 1. The Bertz CT molecular complexity index is 1210. The Balaban J connectivity index is 1.50. The lowest BCUT2D eigenvalue weighted by Gasteiger charge is -2.22. The Morgan fingerprint density at radius 1 is 1.22 bits per heavy atom. The van der Waals surface area contributed by atoms with Crippen LogP contribution in [0.1, 0.15) is 24.0 Å². The van der Waals surface area contributed by atoms with E-state index in [4.69, 9.17) is 31.1 Å². The first-order chi connectivity index (χ1) is 15.6. The van der Waals surface area contributed by atoms with Crippen LogP contribution in [0.15, 0.2) is 41.2 Å². The molecule has 2 aromatic carbocycles. The monoisotopic (exact) mass is 453 g/mol. The van der Waals surface area contributed by atoms with Crippen molar-refractivity contribution < 1.29 is 14.2 Å². The second-order valence-corrected chi connectivity index (χ2v) is 8.09. The van der Waals surface area contributed by atoms with Gasteiger partial charge in [-0.15, -0.1) is 0 Å². The molecule has 4 rings (SSSR count). The molecule has 2 heterocycles. The second-order valence-electron chi connectivity index (χ2n) is 7.71. The number of anilines is 1. The van der Waals surface area contributed by atoms with E-state index in [2.05, 4.69) is 16.4 Å². The molecule has 1 fully saturated rings. The smallest absolute Gasteiger partial charge is 0.253 e. The summed E-state index contributed by atoms with van der Waals surface area (Å²) in [4.78, 5) is 15.6. The van der Waals surface area contributed by atoms with Gasteiger partial charge in [0, 0.05) is 42.5 Å². The van der Waals surface area contributed by atoms with Gasteiger partial charge in [0.25, 0.3) is 5.56 Å². The van der Waals surface area contributed by atoms with Crippen molar-refractivity contribution in [2.75, 3.05) is 32.2 Å². The SMILES string of the molecule is COc1cc(NCc2cc3ccc(OCC4CCOCC4)c(Cl)c3[nH]c2=O)ccc1C#N. The minimum Gasteiger partial charge on any atom is -0.495 e. The fraction of sp³-hybridized carbons (Fsp3) is 0.333. The molecule has 2 N–H and O–H groups in total. The zero-order chi connectivity index (χ0) is 22.5. The summed E-state index contributed by atoms with van der Waals surface area (Å²) in [6.45, 7) is 2.41. The Labute approximate surface area is 190 Å². The second kappa shape index (κ2) is 9.94. The van der Waals surface area contributed by atoms with Crippen LogP contribution < -0.4 is 20.3 Å². The van der Waals surface area contributed by atoms with Crippen LogP contribution in [-0.2, 0) is 11.3 Å². The van der Waals surface area contributed by atoms with Crippen LogP contribution in [0, 0.1) is 17.2 Å². The van der Waals surface area contributed by atoms with Crippen molar-refractivity contribution >= 4 is 28.2 Å². The molecule has 0 bridgehead atoms. The van der Waals surface area contributed by atoms with E-state index in [1.165, 1.54) is 7.11 Å². The molecule has 0 radical (unpaired) electrons. The van der Waals surface area contributed by atoms with E-state index in [9.17, 15) is 4.79 Å². The van der Waals surface area contributed by atoms with Gasteiger partial charge in [-0.1, -0.05) is 11.6 Å². The van der Waals surface area contributed by atoms with E-state index in [-0.39, 0.29) is 5.56 Å². The number of hydrogen-bond donors (Lipinski definition) is 2. The van der Waals surface area contributed by atoms with E-state index in [0.29, 0.717) is 52.2 Å². The molecule has 1 saturated heterocycles. The Morgan fingerprint density at radius 2 is 2.03 bits per heavy atom. The van der Waals surface area contributed by atoms with E-state index in [0.717, 1.165) is 37.1 Å². The van der Waals surface area contributed by atoms with Crippen molar-refractivity contribution in [2.45, 2.75) is 19.4 Å². The number of nitrogens with zero attached hydrogens (tertiary/aromatic N) is 1. The van der Waals surface area contributed by atoms with Gasteiger partial charge in [0.2, 0.25) is 0 Å². The zero-order valence-corrected chi connectivity index (χ0v) is 18.5. The van der Waals surface area contributed by atoms with Crippen molar-refractivity contribution in [3.8, 4) is 17.6 Å². The Hall–Kier alpha value is -3.21. The Kier molecular flexibility index (Phi) is 6.84. The minimum atomic E-state index is -0.228. The van der Waals surface area contributed by atoms with Gasteiger partial charge in [-0.2, -0.15) is 5.26 Å². The van der Waals surface area contributed by atoms with Gasteiger partial charge < -0.3 is 24.5 Å². The van der Waals surface area contributed by atoms with Crippen molar-refractivity contribution in [1.82, 2.24) is 4.98 Å². The topological polar surface area (TPSA) is 96.4 Å². The predicted molar refractivity (Wildman–Crippen MR) is 124 cm³/mol. The number of benzene rings is 2. The van der Waals surface area contributed by atoms with Gasteiger partial charge in [0.05, 0.1) is 24.8 Å². The Morgan fingerprint density at radius 3 is 2.78 bits per heavy atom. The maximum absolute atomic E-state index is 12.7. The summed E-state index contributed by atoms with van der Waals surface area (Å²) in [6.07, 6.45) is 1.95. The number of H-pyrrole nitrogens is 1. The molecule has 0 atom stereocenters. The van der Waals surface area contributed by atoms with Crippen LogP contribution in [0.5, 0.6) is 11.5 Å². The summed E-state index contributed by atoms with van der Waals surface area (Å²) in [7, 11) is 1.51. The molecule has 0 amide bonds.